The van der Waals surface area contributed by atoms with Crippen LogP contribution >= 0.6 is 0 Å². The molecule has 0 amide bonds. The zero-order chi connectivity index (χ0) is 15.4. The van der Waals surface area contributed by atoms with Crippen LogP contribution in [-0.4, -0.2) is 35.3 Å². The Morgan fingerprint density at radius 3 is 2.71 bits per heavy atom. The molecule has 7 nitrogen and oxygen atoms in total. The first-order valence-electron chi connectivity index (χ1n) is 6.72. The minimum Gasteiger partial charge on any atom is -0.483 e. The van der Waals surface area contributed by atoms with Crippen LogP contribution in [0.1, 0.15) is 36.0 Å². The number of hydrogen-bond acceptors (Lipinski definition) is 5. The van der Waals surface area contributed by atoms with Gasteiger partial charge in [0, 0.05) is 25.7 Å². The molecule has 114 valence electrons. The van der Waals surface area contributed by atoms with Gasteiger partial charge in [0.25, 0.3) is 0 Å². The normalized spacial score (nSPS) is 21.8. The highest BCUT2D eigenvalue weighted by atomic mass is 16.6. The average molecular weight is 295 g/mol. The first kappa shape index (κ1) is 15.2. The van der Waals surface area contributed by atoms with Gasteiger partial charge in [-0.3, -0.25) is 10.1 Å². The van der Waals surface area contributed by atoms with Crippen molar-refractivity contribution in [1.82, 2.24) is 0 Å². The van der Waals surface area contributed by atoms with Crippen molar-refractivity contribution in [2.45, 2.75) is 37.9 Å². The van der Waals surface area contributed by atoms with E-state index < -0.39 is 10.9 Å². The number of nitrogens with zero attached hydrogens (tertiary/aromatic N) is 1. The Morgan fingerprint density at radius 1 is 1.38 bits per heavy atom. The summed E-state index contributed by atoms with van der Waals surface area (Å²) in [4.78, 5) is 21.4. The van der Waals surface area contributed by atoms with Crippen molar-refractivity contribution in [1.29, 1.82) is 0 Å². The lowest BCUT2D eigenvalue weighted by Crippen LogP contribution is -2.29. The van der Waals surface area contributed by atoms with E-state index in [9.17, 15) is 14.9 Å². The van der Waals surface area contributed by atoms with E-state index in [4.69, 9.17) is 14.6 Å². The van der Waals surface area contributed by atoms with E-state index in [0.717, 1.165) is 25.3 Å². The molecule has 1 saturated carbocycles. The number of ether oxygens (including phenoxy) is 2. The van der Waals surface area contributed by atoms with Crippen LogP contribution in [-0.2, 0) is 4.74 Å². The van der Waals surface area contributed by atoms with Gasteiger partial charge in [-0.25, -0.2) is 4.79 Å². The molecule has 1 aliphatic rings. The molecule has 2 rings (SSSR count). The van der Waals surface area contributed by atoms with Crippen molar-refractivity contribution < 1.29 is 24.3 Å². The molecule has 0 aromatic heterocycles. The first-order chi connectivity index (χ1) is 10.0. The van der Waals surface area contributed by atoms with Gasteiger partial charge in [-0.05, 0) is 25.3 Å². The Hall–Kier alpha value is -2.15. The van der Waals surface area contributed by atoms with Crippen molar-refractivity contribution >= 4 is 11.7 Å². The van der Waals surface area contributed by atoms with Gasteiger partial charge in [-0.1, -0.05) is 0 Å². The Labute approximate surface area is 121 Å². The minimum absolute atomic E-state index is 0.00153. The van der Waals surface area contributed by atoms with Crippen LogP contribution in [0.2, 0.25) is 0 Å². The molecule has 1 aromatic rings. The zero-order valence-corrected chi connectivity index (χ0v) is 11.7. The van der Waals surface area contributed by atoms with E-state index in [1.165, 1.54) is 12.1 Å². The summed E-state index contributed by atoms with van der Waals surface area (Å²) in [6, 6.07) is 3.57. The van der Waals surface area contributed by atoms with Gasteiger partial charge < -0.3 is 14.6 Å². The molecule has 0 spiro atoms. The van der Waals surface area contributed by atoms with Crippen molar-refractivity contribution in [2.24, 2.45) is 0 Å². The first-order valence-corrected chi connectivity index (χ1v) is 6.72. The standard InChI is InChI=1S/C14H17NO6/c1-20-10-3-2-4-11(8-10)21-13-7-9(14(16)17)5-6-12(13)15(18)19/h5-7,10-11H,2-4,8H2,1H3,(H,16,17). The van der Waals surface area contributed by atoms with E-state index in [-0.39, 0.29) is 29.2 Å². The quantitative estimate of drug-likeness (QED) is 0.662. The second-order valence-corrected chi connectivity index (χ2v) is 5.01. The summed E-state index contributed by atoms with van der Waals surface area (Å²) in [5, 5.41) is 20.0. The van der Waals surface area contributed by atoms with Gasteiger partial charge in [0.05, 0.1) is 16.6 Å². The lowest BCUT2D eigenvalue weighted by Gasteiger charge is -2.28. The fourth-order valence-electron chi connectivity index (χ4n) is 2.50. The zero-order valence-electron chi connectivity index (χ0n) is 11.7. The fraction of sp³-hybridized carbons (Fsp3) is 0.500. The van der Waals surface area contributed by atoms with Gasteiger partial charge in [0.2, 0.25) is 0 Å². The summed E-state index contributed by atoms with van der Waals surface area (Å²) in [5.41, 5.74) is -0.255. The highest BCUT2D eigenvalue weighted by Crippen LogP contribution is 2.32. The molecule has 2 unspecified atom stereocenters. The number of aromatic carboxylic acids is 1. The van der Waals surface area contributed by atoms with Gasteiger partial charge in [-0.2, -0.15) is 0 Å². The SMILES string of the molecule is COC1CCCC(Oc2cc(C(=O)O)ccc2[N+](=O)[O-])C1. The number of carboxylic acid groups (broad SMARTS) is 1. The lowest BCUT2D eigenvalue weighted by molar-refractivity contribution is -0.386. The molecule has 0 aliphatic heterocycles. The number of nitro groups is 1. The number of hydrogen-bond donors (Lipinski definition) is 1. The Bertz CT molecular complexity index is 544. The third-order valence-corrected chi connectivity index (χ3v) is 3.61. The predicted molar refractivity (Wildman–Crippen MR) is 73.7 cm³/mol. The third-order valence-electron chi connectivity index (χ3n) is 3.61. The predicted octanol–water partition coefficient (Wildman–Crippen LogP) is 2.63. The molecule has 1 N–H and O–H groups in total. The molecule has 1 aliphatic carbocycles. The molecule has 0 saturated heterocycles. The highest BCUT2D eigenvalue weighted by Gasteiger charge is 2.26. The Kier molecular flexibility index (Phi) is 4.74. The second-order valence-electron chi connectivity index (χ2n) is 5.01. The van der Waals surface area contributed by atoms with Crippen LogP contribution in [0.5, 0.6) is 5.75 Å². The summed E-state index contributed by atoms with van der Waals surface area (Å²) in [6.45, 7) is 0. The lowest BCUT2D eigenvalue weighted by atomic mass is 9.95. The van der Waals surface area contributed by atoms with Crippen molar-refractivity contribution in [3.8, 4) is 5.75 Å². The summed E-state index contributed by atoms with van der Waals surface area (Å²) in [6.07, 6.45) is 3.14. The topological polar surface area (TPSA) is 98.9 Å². The van der Waals surface area contributed by atoms with E-state index in [0.29, 0.717) is 6.42 Å². The summed E-state index contributed by atoms with van der Waals surface area (Å²) >= 11 is 0. The van der Waals surface area contributed by atoms with E-state index in [1.807, 2.05) is 0 Å². The maximum atomic E-state index is 11.0. The molecule has 2 atom stereocenters. The van der Waals surface area contributed by atoms with Crippen molar-refractivity contribution in [3.05, 3.63) is 33.9 Å². The Morgan fingerprint density at radius 2 is 2.10 bits per heavy atom. The van der Waals surface area contributed by atoms with Crippen LogP contribution in [0, 0.1) is 10.1 Å². The van der Waals surface area contributed by atoms with Crippen LogP contribution in [0.3, 0.4) is 0 Å². The van der Waals surface area contributed by atoms with Crippen LogP contribution in [0.25, 0.3) is 0 Å². The number of rotatable bonds is 5. The smallest absolute Gasteiger partial charge is 0.335 e. The monoisotopic (exact) mass is 295 g/mol. The van der Waals surface area contributed by atoms with Crippen molar-refractivity contribution in [3.63, 3.8) is 0 Å². The molecule has 0 radical (unpaired) electrons. The van der Waals surface area contributed by atoms with E-state index >= 15 is 0 Å². The number of carboxylic acids is 1. The maximum Gasteiger partial charge on any atom is 0.335 e. The Balaban J connectivity index is 2.22. The molecule has 7 heteroatoms. The van der Waals surface area contributed by atoms with Gasteiger partial charge >= 0.3 is 11.7 Å². The number of methoxy groups -OCH3 is 1. The summed E-state index contributed by atoms with van der Waals surface area (Å²) in [5.74, 6) is -1.14. The average Bonchev–Trinajstić information content (AvgIpc) is 2.47. The van der Waals surface area contributed by atoms with Gasteiger partial charge in [0.15, 0.2) is 5.75 Å². The van der Waals surface area contributed by atoms with Crippen molar-refractivity contribution in [2.75, 3.05) is 7.11 Å². The number of carbonyl (C=O) groups is 1. The summed E-state index contributed by atoms with van der Waals surface area (Å²) < 4.78 is 11.0. The fourth-order valence-corrected chi connectivity index (χ4v) is 2.50. The van der Waals surface area contributed by atoms with Gasteiger partial charge in [0.1, 0.15) is 6.10 Å². The molecule has 0 heterocycles. The van der Waals surface area contributed by atoms with Crippen LogP contribution in [0.15, 0.2) is 18.2 Å². The second kappa shape index (κ2) is 6.53. The minimum atomic E-state index is -1.15. The number of nitro benzene ring substituents is 1. The molecule has 0 bridgehead atoms. The largest absolute Gasteiger partial charge is 0.483 e. The van der Waals surface area contributed by atoms with E-state index in [1.54, 1.807) is 7.11 Å². The molecular weight excluding hydrogens is 278 g/mol. The maximum absolute atomic E-state index is 11.0. The van der Waals surface area contributed by atoms with E-state index in [2.05, 4.69) is 0 Å². The number of benzene rings is 1. The third kappa shape index (κ3) is 3.69. The molecule has 21 heavy (non-hydrogen) atoms. The van der Waals surface area contributed by atoms with Crippen LogP contribution < -0.4 is 4.74 Å². The van der Waals surface area contributed by atoms with Gasteiger partial charge in [-0.15, -0.1) is 0 Å². The summed E-state index contributed by atoms with van der Waals surface area (Å²) in [7, 11) is 1.63. The molecule has 1 aromatic carbocycles. The van der Waals surface area contributed by atoms with Crippen LogP contribution in [0.4, 0.5) is 5.69 Å². The molecular formula is C14H17NO6. The highest BCUT2D eigenvalue weighted by molar-refractivity contribution is 5.88. The molecule has 1 fully saturated rings.